The van der Waals surface area contributed by atoms with Gasteiger partial charge in [-0.1, -0.05) is 44.2 Å². The maximum atomic E-state index is 12.7. The highest BCUT2D eigenvalue weighted by Crippen LogP contribution is 2.27. The fourth-order valence-electron chi connectivity index (χ4n) is 4.77. The monoisotopic (exact) mass is 450 g/mol. The molecule has 7 nitrogen and oxygen atoms in total. The van der Waals surface area contributed by atoms with Crippen LogP contribution in [-0.2, 0) is 0 Å². The standard InChI is InChI=1S/C26H38N6O/c1-3-4-15-28-26(33)25-30-20-14-13-18(2)17-19(20)24(32-25)31-22-11-8-7-10-21(22)29-23-12-6-5-9-16-27-23/h13-14,17,21-22H,3-12,15-16H2,1-2H3,(H,27,29)(H,28,33)(H,30,31,32)/t21-,22+/m1/s1. The number of anilines is 1. The van der Waals surface area contributed by atoms with Crippen LogP contribution >= 0.6 is 0 Å². The Bertz CT molecular complexity index is 988. The van der Waals surface area contributed by atoms with Crippen LogP contribution in [0.4, 0.5) is 5.82 Å². The van der Waals surface area contributed by atoms with Gasteiger partial charge in [0, 0.05) is 37.0 Å². The van der Waals surface area contributed by atoms with Crippen LogP contribution in [0.2, 0.25) is 0 Å². The van der Waals surface area contributed by atoms with Crippen LogP contribution in [0.3, 0.4) is 0 Å². The lowest BCUT2D eigenvalue weighted by Crippen LogP contribution is -2.48. The van der Waals surface area contributed by atoms with E-state index in [9.17, 15) is 4.79 Å². The van der Waals surface area contributed by atoms with Crippen molar-refractivity contribution in [3.8, 4) is 0 Å². The van der Waals surface area contributed by atoms with Gasteiger partial charge in [0.15, 0.2) is 0 Å². The lowest BCUT2D eigenvalue weighted by Gasteiger charge is -2.34. The number of benzene rings is 1. The molecule has 0 radical (unpaired) electrons. The van der Waals surface area contributed by atoms with Gasteiger partial charge in [-0.3, -0.25) is 9.79 Å². The number of aromatic nitrogens is 2. The van der Waals surface area contributed by atoms with Gasteiger partial charge in [-0.05, 0) is 51.2 Å². The minimum absolute atomic E-state index is 0.208. The number of aryl methyl sites for hydroxylation is 1. The fraction of sp³-hybridized carbons (Fsp3) is 0.615. The Balaban J connectivity index is 1.58. The van der Waals surface area contributed by atoms with Crippen LogP contribution in [0.15, 0.2) is 23.2 Å². The minimum Gasteiger partial charge on any atom is -0.369 e. The lowest BCUT2D eigenvalue weighted by molar-refractivity contribution is 0.0943. The van der Waals surface area contributed by atoms with Crippen molar-refractivity contribution < 1.29 is 4.79 Å². The van der Waals surface area contributed by atoms with Gasteiger partial charge in [-0.15, -0.1) is 0 Å². The van der Waals surface area contributed by atoms with Crippen LogP contribution in [0.25, 0.3) is 10.9 Å². The molecule has 1 aliphatic carbocycles. The first-order valence-corrected chi connectivity index (χ1v) is 12.8. The fourth-order valence-corrected chi connectivity index (χ4v) is 4.77. The number of carbonyl (C=O) groups excluding carboxylic acids is 1. The van der Waals surface area contributed by atoms with E-state index >= 15 is 0 Å². The molecule has 2 aromatic rings. The summed E-state index contributed by atoms with van der Waals surface area (Å²) in [6.45, 7) is 5.76. The number of rotatable bonds is 7. The van der Waals surface area contributed by atoms with E-state index < -0.39 is 0 Å². The molecule has 0 bridgehead atoms. The van der Waals surface area contributed by atoms with E-state index in [1.54, 1.807) is 0 Å². The third-order valence-corrected chi connectivity index (χ3v) is 6.68. The second-order valence-electron chi connectivity index (χ2n) is 9.45. The molecule has 178 valence electrons. The molecule has 2 heterocycles. The quantitative estimate of drug-likeness (QED) is 0.529. The first-order chi connectivity index (χ1) is 16.1. The van der Waals surface area contributed by atoms with Crippen molar-refractivity contribution in [2.24, 2.45) is 4.99 Å². The van der Waals surface area contributed by atoms with Gasteiger partial charge in [-0.25, -0.2) is 9.97 Å². The first kappa shape index (κ1) is 23.5. The van der Waals surface area contributed by atoms with Crippen molar-refractivity contribution in [2.45, 2.75) is 90.1 Å². The topological polar surface area (TPSA) is 91.3 Å². The van der Waals surface area contributed by atoms with Crippen LogP contribution in [0.5, 0.6) is 0 Å². The molecule has 33 heavy (non-hydrogen) atoms. The van der Waals surface area contributed by atoms with E-state index in [0.29, 0.717) is 12.6 Å². The molecule has 0 unspecified atom stereocenters. The molecule has 4 rings (SSSR count). The Morgan fingerprint density at radius 3 is 2.67 bits per heavy atom. The van der Waals surface area contributed by atoms with Gasteiger partial charge in [0.25, 0.3) is 5.91 Å². The van der Waals surface area contributed by atoms with E-state index in [1.165, 1.54) is 32.1 Å². The number of nitrogens with one attached hydrogen (secondary N) is 3. The van der Waals surface area contributed by atoms with Crippen molar-refractivity contribution in [1.82, 2.24) is 20.6 Å². The molecular formula is C26H38N6O. The number of amidine groups is 1. The van der Waals surface area contributed by atoms with Crippen LogP contribution in [0, 0.1) is 6.92 Å². The van der Waals surface area contributed by atoms with E-state index in [-0.39, 0.29) is 17.8 Å². The lowest BCUT2D eigenvalue weighted by atomic mass is 9.90. The van der Waals surface area contributed by atoms with Gasteiger partial charge in [0.2, 0.25) is 5.82 Å². The third kappa shape index (κ3) is 6.21. The Kier molecular flexibility index (Phi) is 8.13. The van der Waals surface area contributed by atoms with E-state index in [2.05, 4.69) is 40.8 Å². The number of amides is 1. The van der Waals surface area contributed by atoms with Gasteiger partial charge in [0.05, 0.1) is 11.4 Å². The second kappa shape index (κ2) is 11.4. The number of nitrogens with zero attached hydrogens (tertiary/aromatic N) is 3. The van der Waals surface area contributed by atoms with Gasteiger partial charge in [-0.2, -0.15) is 0 Å². The zero-order valence-electron chi connectivity index (χ0n) is 20.1. The Hall–Kier alpha value is -2.70. The minimum atomic E-state index is -0.208. The highest BCUT2D eigenvalue weighted by Gasteiger charge is 2.27. The molecule has 3 N–H and O–H groups in total. The smallest absolute Gasteiger partial charge is 0.289 e. The summed E-state index contributed by atoms with van der Waals surface area (Å²) in [6.07, 6.45) is 11.3. The number of fused-ring (bicyclic) bond motifs is 1. The molecule has 2 atom stereocenters. The summed E-state index contributed by atoms with van der Waals surface area (Å²) in [6, 6.07) is 6.67. The number of hydrogen-bond donors (Lipinski definition) is 3. The Labute approximate surface area is 197 Å². The summed E-state index contributed by atoms with van der Waals surface area (Å²) in [5, 5.41) is 11.4. The van der Waals surface area contributed by atoms with Crippen LogP contribution in [0.1, 0.15) is 87.3 Å². The summed E-state index contributed by atoms with van der Waals surface area (Å²) < 4.78 is 0. The average Bonchev–Trinajstić information content (AvgIpc) is 3.09. The summed E-state index contributed by atoms with van der Waals surface area (Å²) in [5.41, 5.74) is 1.95. The molecule has 0 spiro atoms. The molecule has 1 saturated carbocycles. The molecule has 7 heteroatoms. The van der Waals surface area contributed by atoms with Crippen molar-refractivity contribution >= 4 is 28.5 Å². The van der Waals surface area contributed by atoms with Crippen molar-refractivity contribution in [1.29, 1.82) is 0 Å². The molecule has 1 amide bonds. The molecule has 1 aliphatic heterocycles. The SMILES string of the molecule is CCCCNC(=O)c1nc(N[C@H]2CCCC[C@H]2NC2=NCCCCC2)c2cc(C)ccc2n1. The molecule has 0 saturated heterocycles. The van der Waals surface area contributed by atoms with Crippen LogP contribution in [-0.4, -0.2) is 46.9 Å². The third-order valence-electron chi connectivity index (χ3n) is 6.68. The number of hydrogen-bond acceptors (Lipinski definition) is 6. The summed E-state index contributed by atoms with van der Waals surface area (Å²) in [7, 11) is 0. The Morgan fingerprint density at radius 2 is 1.85 bits per heavy atom. The van der Waals surface area contributed by atoms with Crippen molar-refractivity contribution in [3.05, 3.63) is 29.6 Å². The number of aliphatic imine (C=N–C) groups is 1. The Morgan fingerprint density at radius 1 is 1.03 bits per heavy atom. The predicted octanol–water partition coefficient (Wildman–Crippen LogP) is 4.75. The van der Waals surface area contributed by atoms with Crippen molar-refractivity contribution in [3.63, 3.8) is 0 Å². The first-order valence-electron chi connectivity index (χ1n) is 12.8. The highest BCUT2D eigenvalue weighted by atomic mass is 16.2. The molecule has 1 aromatic carbocycles. The normalized spacial score (nSPS) is 21.2. The number of unbranched alkanes of at least 4 members (excludes halogenated alkanes) is 1. The predicted molar refractivity (Wildman–Crippen MR) is 135 cm³/mol. The molecule has 1 aromatic heterocycles. The molecular weight excluding hydrogens is 412 g/mol. The number of carbonyl (C=O) groups is 1. The largest absolute Gasteiger partial charge is 0.369 e. The van der Waals surface area contributed by atoms with Gasteiger partial charge < -0.3 is 16.0 Å². The van der Waals surface area contributed by atoms with E-state index in [4.69, 9.17) is 9.98 Å². The zero-order chi connectivity index (χ0) is 23.0. The van der Waals surface area contributed by atoms with E-state index in [0.717, 1.165) is 66.8 Å². The maximum absolute atomic E-state index is 12.7. The average molecular weight is 451 g/mol. The summed E-state index contributed by atoms with van der Waals surface area (Å²) >= 11 is 0. The maximum Gasteiger partial charge on any atom is 0.289 e. The van der Waals surface area contributed by atoms with Crippen LogP contribution < -0.4 is 16.0 Å². The van der Waals surface area contributed by atoms with Gasteiger partial charge >= 0.3 is 0 Å². The molecule has 2 aliphatic rings. The zero-order valence-corrected chi connectivity index (χ0v) is 20.1. The summed E-state index contributed by atoms with van der Waals surface area (Å²) in [5.74, 6) is 1.94. The summed E-state index contributed by atoms with van der Waals surface area (Å²) in [4.78, 5) is 26.8. The van der Waals surface area contributed by atoms with Crippen molar-refractivity contribution in [2.75, 3.05) is 18.4 Å². The molecule has 1 fully saturated rings. The van der Waals surface area contributed by atoms with E-state index in [1.807, 2.05) is 12.1 Å². The highest BCUT2D eigenvalue weighted by molar-refractivity contribution is 5.96. The second-order valence-corrected chi connectivity index (χ2v) is 9.45. The van der Waals surface area contributed by atoms with Gasteiger partial charge in [0.1, 0.15) is 5.82 Å².